The molecule has 0 spiro atoms. The molecule has 0 saturated heterocycles. The van der Waals surface area contributed by atoms with E-state index in [1.807, 2.05) is 0 Å². The number of para-hydroxylation sites is 2. The monoisotopic (exact) mass is 790 g/mol. The van der Waals surface area contributed by atoms with Crippen LogP contribution in [0.2, 0.25) is 0 Å². The molecule has 0 unspecified atom stereocenters. The van der Waals surface area contributed by atoms with Gasteiger partial charge < -0.3 is 9.47 Å². The molecule has 0 saturated carbocycles. The maximum Gasteiger partial charge on any atom is 0.0562 e. The van der Waals surface area contributed by atoms with Crippen LogP contribution in [0.15, 0.2) is 255 Å². The number of hydrogen-bond donors (Lipinski definition) is 0. The van der Waals surface area contributed by atoms with Crippen LogP contribution in [0, 0.1) is 0 Å². The summed E-state index contributed by atoms with van der Waals surface area (Å²) in [5, 5.41) is 2.44. The first kappa shape index (κ1) is 36.8. The van der Waals surface area contributed by atoms with Crippen molar-refractivity contribution in [3.05, 3.63) is 255 Å². The first-order valence-electron chi connectivity index (χ1n) is 21.3. The van der Waals surface area contributed by atoms with Crippen LogP contribution in [0.5, 0.6) is 0 Å². The van der Waals surface area contributed by atoms with Gasteiger partial charge in [-0.25, -0.2) is 0 Å². The quantitative estimate of drug-likeness (QED) is 0.141. The molecule has 62 heavy (non-hydrogen) atoms. The van der Waals surface area contributed by atoms with Gasteiger partial charge in [0.25, 0.3) is 0 Å². The maximum absolute atomic E-state index is 2.45. The van der Waals surface area contributed by atoms with E-state index in [0.717, 1.165) is 28.3 Å². The van der Waals surface area contributed by atoms with E-state index in [4.69, 9.17) is 0 Å². The molecule has 0 radical (unpaired) electrons. The molecular weight excluding hydrogens is 749 g/mol. The summed E-state index contributed by atoms with van der Waals surface area (Å²) in [6.45, 7) is 0. The molecule has 0 fully saturated rings. The van der Waals surface area contributed by atoms with E-state index in [9.17, 15) is 0 Å². The fourth-order valence-electron chi connectivity index (χ4n) is 9.02. The first-order valence-corrected chi connectivity index (χ1v) is 21.3. The van der Waals surface area contributed by atoms with Crippen LogP contribution in [0.3, 0.4) is 0 Å². The highest BCUT2D eigenvalue weighted by Crippen LogP contribution is 2.43. The Hall–Kier alpha value is -8.20. The fourth-order valence-corrected chi connectivity index (χ4v) is 9.02. The van der Waals surface area contributed by atoms with Crippen LogP contribution in [0.25, 0.3) is 83.1 Å². The second-order valence-corrected chi connectivity index (χ2v) is 15.7. The highest BCUT2D eigenvalue weighted by molar-refractivity contribution is 6.11. The van der Waals surface area contributed by atoms with Gasteiger partial charge >= 0.3 is 0 Å². The highest BCUT2D eigenvalue weighted by atomic mass is 15.1. The zero-order chi connectivity index (χ0) is 41.2. The van der Waals surface area contributed by atoms with E-state index >= 15 is 0 Å². The Kier molecular flexibility index (Phi) is 9.57. The summed E-state index contributed by atoms with van der Waals surface area (Å²) in [6, 6.07) is 92.0. The van der Waals surface area contributed by atoms with Gasteiger partial charge in [-0.2, -0.15) is 0 Å². The Morgan fingerprint density at radius 3 is 1.21 bits per heavy atom. The van der Waals surface area contributed by atoms with Gasteiger partial charge in [0.2, 0.25) is 0 Å². The Labute approximate surface area is 362 Å². The van der Waals surface area contributed by atoms with Gasteiger partial charge in [0, 0.05) is 33.4 Å². The molecule has 2 heteroatoms. The Bertz CT molecular complexity index is 3290. The van der Waals surface area contributed by atoms with Crippen molar-refractivity contribution in [2.75, 3.05) is 4.90 Å². The minimum absolute atomic E-state index is 1.08. The molecular formula is C60H42N2. The third-order valence-electron chi connectivity index (χ3n) is 12.0. The summed E-state index contributed by atoms with van der Waals surface area (Å²) in [5.41, 5.74) is 18.7. The lowest BCUT2D eigenvalue weighted by molar-refractivity contribution is 1.18. The zero-order valence-electron chi connectivity index (χ0n) is 34.1. The van der Waals surface area contributed by atoms with E-state index in [-0.39, 0.29) is 0 Å². The summed E-state index contributed by atoms with van der Waals surface area (Å²) in [5.74, 6) is 0. The lowest BCUT2D eigenvalue weighted by atomic mass is 9.94. The number of benzene rings is 10. The third kappa shape index (κ3) is 6.84. The van der Waals surface area contributed by atoms with Gasteiger partial charge in [-0.15, -0.1) is 0 Å². The molecule has 10 aromatic carbocycles. The van der Waals surface area contributed by atoms with Crippen molar-refractivity contribution in [3.8, 4) is 61.3 Å². The predicted molar refractivity (Wildman–Crippen MR) is 263 cm³/mol. The number of anilines is 3. The molecule has 0 aliphatic carbocycles. The second kappa shape index (κ2) is 16.1. The van der Waals surface area contributed by atoms with Gasteiger partial charge in [-0.1, -0.05) is 206 Å². The van der Waals surface area contributed by atoms with E-state index in [2.05, 4.69) is 264 Å². The van der Waals surface area contributed by atoms with Crippen molar-refractivity contribution in [2.24, 2.45) is 0 Å². The standard InChI is InChI=1S/C60H42N2/c1-4-16-43(17-5-1)45-28-30-49(31-29-45)55-24-12-14-26-58(55)62-59-27-15-13-25-56(59)57-41-40-52(42-60(57)62)61(50-36-32-46(33-37-50)44-18-6-2-7-19-44)51-38-34-48(35-39-51)54-23-11-10-22-53(54)47-20-8-3-9-21-47/h1-42H. The van der Waals surface area contributed by atoms with Crippen LogP contribution < -0.4 is 4.90 Å². The van der Waals surface area contributed by atoms with Crippen molar-refractivity contribution in [1.82, 2.24) is 4.57 Å². The smallest absolute Gasteiger partial charge is 0.0562 e. The molecule has 1 heterocycles. The van der Waals surface area contributed by atoms with E-state index in [1.54, 1.807) is 0 Å². The van der Waals surface area contributed by atoms with Gasteiger partial charge in [-0.05, 0) is 98.6 Å². The van der Waals surface area contributed by atoms with Gasteiger partial charge in [-0.3, -0.25) is 0 Å². The number of fused-ring (bicyclic) bond motifs is 3. The predicted octanol–water partition coefficient (Wildman–Crippen LogP) is 16.6. The molecule has 0 aliphatic rings. The molecule has 0 amide bonds. The molecule has 0 N–H and O–H groups in total. The molecule has 0 bridgehead atoms. The fraction of sp³-hybridized carbons (Fsp3) is 0. The Morgan fingerprint density at radius 2 is 0.613 bits per heavy atom. The van der Waals surface area contributed by atoms with Crippen molar-refractivity contribution < 1.29 is 0 Å². The number of hydrogen-bond acceptors (Lipinski definition) is 1. The average molecular weight is 791 g/mol. The van der Waals surface area contributed by atoms with Crippen molar-refractivity contribution >= 4 is 38.9 Å². The third-order valence-corrected chi connectivity index (χ3v) is 12.0. The van der Waals surface area contributed by atoms with E-state index in [0.29, 0.717) is 0 Å². The topological polar surface area (TPSA) is 8.17 Å². The van der Waals surface area contributed by atoms with Crippen LogP contribution in [-0.2, 0) is 0 Å². The summed E-state index contributed by atoms with van der Waals surface area (Å²) in [7, 11) is 0. The van der Waals surface area contributed by atoms with Gasteiger partial charge in [0.15, 0.2) is 0 Å². The highest BCUT2D eigenvalue weighted by Gasteiger charge is 2.20. The Balaban J connectivity index is 1.06. The van der Waals surface area contributed by atoms with Gasteiger partial charge in [0.1, 0.15) is 0 Å². The van der Waals surface area contributed by atoms with Gasteiger partial charge in [0.05, 0.1) is 16.7 Å². The van der Waals surface area contributed by atoms with E-state index in [1.165, 1.54) is 71.9 Å². The number of rotatable bonds is 9. The van der Waals surface area contributed by atoms with Crippen LogP contribution in [0.4, 0.5) is 17.1 Å². The normalized spacial score (nSPS) is 11.2. The summed E-state index contributed by atoms with van der Waals surface area (Å²) in [6.07, 6.45) is 0. The van der Waals surface area contributed by atoms with Crippen LogP contribution in [0.1, 0.15) is 0 Å². The Morgan fingerprint density at radius 1 is 0.242 bits per heavy atom. The van der Waals surface area contributed by atoms with Crippen molar-refractivity contribution in [2.45, 2.75) is 0 Å². The first-order chi connectivity index (χ1) is 30.8. The molecule has 11 rings (SSSR count). The molecule has 0 atom stereocenters. The lowest BCUT2D eigenvalue weighted by Gasteiger charge is -2.26. The number of aromatic nitrogens is 1. The van der Waals surface area contributed by atoms with E-state index < -0.39 is 0 Å². The minimum Gasteiger partial charge on any atom is -0.310 e. The SMILES string of the molecule is c1ccc(-c2ccc(-c3ccccc3-n3c4ccccc4c4ccc(N(c5ccc(-c6ccccc6)cc5)c5ccc(-c6ccccc6-c6ccccc6)cc5)cc43)cc2)cc1. The van der Waals surface area contributed by atoms with Crippen molar-refractivity contribution in [1.29, 1.82) is 0 Å². The summed E-state index contributed by atoms with van der Waals surface area (Å²) >= 11 is 0. The van der Waals surface area contributed by atoms with Crippen LogP contribution >= 0.6 is 0 Å². The summed E-state index contributed by atoms with van der Waals surface area (Å²) < 4.78 is 2.45. The minimum atomic E-state index is 1.08. The van der Waals surface area contributed by atoms with Crippen molar-refractivity contribution in [3.63, 3.8) is 0 Å². The summed E-state index contributed by atoms with van der Waals surface area (Å²) in [4.78, 5) is 2.39. The molecule has 11 aromatic rings. The van der Waals surface area contributed by atoms with Crippen LogP contribution in [-0.4, -0.2) is 4.57 Å². The number of nitrogens with zero attached hydrogens (tertiary/aromatic N) is 2. The largest absolute Gasteiger partial charge is 0.310 e. The lowest BCUT2D eigenvalue weighted by Crippen LogP contribution is -2.10. The average Bonchev–Trinajstić information content (AvgIpc) is 3.69. The molecule has 2 nitrogen and oxygen atoms in total. The second-order valence-electron chi connectivity index (χ2n) is 15.7. The molecule has 1 aromatic heterocycles. The zero-order valence-corrected chi connectivity index (χ0v) is 34.1. The molecule has 292 valence electrons. The maximum atomic E-state index is 2.45. The molecule has 0 aliphatic heterocycles.